The van der Waals surface area contributed by atoms with Gasteiger partial charge in [-0.2, -0.15) is 4.90 Å². The highest BCUT2D eigenvalue weighted by molar-refractivity contribution is 8.13. The van der Waals surface area contributed by atoms with Gasteiger partial charge in [-0.15, -0.1) is 0 Å². The van der Waals surface area contributed by atoms with Gasteiger partial charge in [0.1, 0.15) is 28.3 Å². The molecular formula is C29H41FN2O7S. The summed E-state index contributed by atoms with van der Waals surface area (Å²) in [6.45, 7) is 16.8. The maximum atomic E-state index is 15.7. The third-order valence-electron chi connectivity index (χ3n) is 6.24. The molecule has 0 spiro atoms. The predicted octanol–water partition coefficient (Wildman–Crippen LogP) is 6.35. The second kappa shape index (κ2) is 12.5. The molecule has 1 aromatic rings. The Labute approximate surface area is 240 Å². The van der Waals surface area contributed by atoms with E-state index in [0.717, 1.165) is 4.90 Å². The van der Waals surface area contributed by atoms with Gasteiger partial charge in [-0.3, -0.25) is 0 Å². The average molecular weight is 581 g/mol. The van der Waals surface area contributed by atoms with Crippen molar-refractivity contribution in [3.05, 3.63) is 41.7 Å². The van der Waals surface area contributed by atoms with Crippen molar-refractivity contribution in [1.82, 2.24) is 4.90 Å². The van der Waals surface area contributed by atoms with Crippen LogP contribution in [-0.4, -0.2) is 72.2 Å². The van der Waals surface area contributed by atoms with Gasteiger partial charge in [-0.25, -0.2) is 19.0 Å². The third kappa shape index (κ3) is 7.55. The summed E-state index contributed by atoms with van der Waals surface area (Å²) in [6.07, 6.45) is -1.55. The first-order valence-electron chi connectivity index (χ1n) is 13.3. The topological polar surface area (TPSA) is 95.9 Å². The number of hydrogen-bond acceptors (Lipinski definition) is 9. The second-order valence-corrected chi connectivity index (χ2v) is 12.8. The molecule has 11 heteroatoms. The monoisotopic (exact) mass is 580 g/mol. The van der Waals surface area contributed by atoms with Gasteiger partial charge in [-0.05, 0) is 73.1 Å². The fraction of sp³-hybridized carbons (Fsp3) is 0.621. The molecule has 0 radical (unpaired) electrons. The summed E-state index contributed by atoms with van der Waals surface area (Å²) >= 11 is 1.22. The van der Waals surface area contributed by atoms with Crippen molar-refractivity contribution >= 4 is 34.9 Å². The molecule has 0 aliphatic carbocycles. The van der Waals surface area contributed by atoms with Gasteiger partial charge < -0.3 is 23.7 Å². The standard InChI is InChI=1S/C29H41FN2O7S/c1-10-36-18(2)19-11-12-23(30)22(13-19)29-17-37-21(15-35-9)14-20(29)16-40-24(31-29)32(25(33)38-27(3,4)5)26(34)39-28(6,7)8/h11-13,20-21H,2,10,14-17H2,1,3-9H3/t20-,21+,29-/m0/s1. The van der Waals surface area contributed by atoms with Crippen LogP contribution in [0.1, 0.15) is 66.0 Å². The number of thioether (sulfide) groups is 1. The SMILES string of the molecule is C=C(OCC)c1ccc(F)c([C@]23CO[C@@H](COC)C[C@H]2CSC(N(C(=O)OC(C)(C)C)C(=O)OC(C)(C)C)=N3)c1. The first-order valence-corrected chi connectivity index (χ1v) is 14.3. The van der Waals surface area contributed by atoms with Gasteiger partial charge in [0.05, 0.1) is 25.9 Å². The number of halogens is 1. The molecule has 2 aliphatic heterocycles. The number of fused-ring (bicyclic) bond motifs is 1. The number of ether oxygens (including phenoxy) is 5. The van der Waals surface area contributed by atoms with Crippen molar-refractivity contribution in [3.63, 3.8) is 0 Å². The van der Waals surface area contributed by atoms with Gasteiger partial charge in [0.15, 0.2) is 5.17 Å². The van der Waals surface area contributed by atoms with Crippen LogP contribution in [0.25, 0.3) is 5.76 Å². The number of imide groups is 1. The molecule has 3 rings (SSSR count). The molecule has 9 nitrogen and oxygen atoms in total. The summed E-state index contributed by atoms with van der Waals surface area (Å²) in [6, 6.07) is 4.59. The van der Waals surface area contributed by atoms with Crippen molar-refractivity contribution in [2.24, 2.45) is 10.9 Å². The number of amidine groups is 1. The molecule has 2 aliphatic rings. The zero-order valence-corrected chi connectivity index (χ0v) is 25.5. The zero-order chi connectivity index (χ0) is 29.9. The van der Waals surface area contributed by atoms with Crippen molar-refractivity contribution in [3.8, 4) is 0 Å². The molecule has 0 aromatic heterocycles. The lowest BCUT2D eigenvalue weighted by Crippen LogP contribution is -2.54. The lowest BCUT2D eigenvalue weighted by molar-refractivity contribution is -0.0840. The molecular weight excluding hydrogens is 539 g/mol. The highest BCUT2D eigenvalue weighted by Gasteiger charge is 2.51. The number of aliphatic imine (C=N–C) groups is 1. The maximum Gasteiger partial charge on any atom is 0.426 e. The molecule has 0 saturated carbocycles. The largest absolute Gasteiger partial charge is 0.494 e. The Kier molecular flexibility index (Phi) is 9.95. The van der Waals surface area contributed by atoms with E-state index in [-0.39, 0.29) is 29.4 Å². The number of carbonyl (C=O) groups excluding carboxylic acids is 2. The van der Waals surface area contributed by atoms with E-state index in [2.05, 4.69) is 6.58 Å². The van der Waals surface area contributed by atoms with Crippen LogP contribution in [0.5, 0.6) is 0 Å². The summed E-state index contributed by atoms with van der Waals surface area (Å²) in [5, 5.41) is 0.0435. The average Bonchev–Trinajstić information content (AvgIpc) is 2.82. The minimum Gasteiger partial charge on any atom is -0.494 e. The lowest BCUT2D eigenvalue weighted by Gasteiger charge is -2.47. The molecule has 2 amide bonds. The minimum absolute atomic E-state index is 0.00765. The van der Waals surface area contributed by atoms with E-state index >= 15 is 4.39 Å². The van der Waals surface area contributed by atoms with Crippen LogP contribution in [0.4, 0.5) is 14.0 Å². The quantitative estimate of drug-likeness (QED) is 0.359. The van der Waals surface area contributed by atoms with E-state index in [9.17, 15) is 9.59 Å². The Bertz CT molecular complexity index is 1120. The van der Waals surface area contributed by atoms with E-state index in [0.29, 0.717) is 36.7 Å². The Morgan fingerprint density at radius 2 is 1.80 bits per heavy atom. The molecule has 0 N–H and O–H groups in total. The summed E-state index contributed by atoms with van der Waals surface area (Å²) in [4.78, 5) is 32.5. The Morgan fingerprint density at radius 1 is 1.18 bits per heavy atom. The predicted molar refractivity (Wildman–Crippen MR) is 153 cm³/mol. The Hall–Kier alpha value is -2.63. The van der Waals surface area contributed by atoms with E-state index in [1.165, 1.54) is 17.8 Å². The number of nitrogens with zero attached hydrogens (tertiary/aromatic N) is 2. The van der Waals surface area contributed by atoms with E-state index < -0.39 is 34.7 Å². The van der Waals surface area contributed by atoms with Crippen LogP contribution in [0.15, 0.2) is 29.8 Å². The van der Waals surface area contributed by atoms with Crippen LogP contribution in [-0.2, 0) is 29.2 Å². The molecule has 3 atom stereocenters. The van der Waals surface area contributed by atoms with Gasteiger partial charge in [-0.1, -0.05) is 18.3 Å². The van der Waals surface area contributed by atoms with E-state index in [1.54, 1.807) is 60.8 Å². The third-order valence-corrected chi connectivity index (χ3v) is 7.34. The molecule has 40 heavy (non-hydrogen) atoms. The van der Waals surface area contributed by atoms with Gasteiger partial charge in [0.25, 0.3) is 0 Å². The van der Waals surface area contributed by atoms with Gasteiger partial charge in [0.2, 0.25) is 0 Å². The number of carbonyl (C=O) groups is 2. The normalized spacial score (nSPS) is 23.0. The molecule has 1 saturated heterocycles. The molecule has 0 unspecified atom stereocenters. The summed E-state index contributed by atoms with van der Waals surface area (Å²) in [7, 11) is 1.60. The molecule has 1 fully saturated rings. The summed E-state index contributed by atoms with van der Waals surface area (Å²) < 4.78 is 43.8. The number of methoxy groups -OCH3 is 1. The van der Waals surface area contributed by atoms with E-state index in [4.69, 9.17) is 28.7 Å². The maximum absolute atomic E-state index is 15.7. The smallest absolute Gasteiger partial charge is 0.426 e. The van der Waals surface area contributed by atoms with Crippen molar-refractivity contribution in [1.29, 1.82) is 0 Å². The molecule has 222 valence electrons. The first-order chi connectivity index (χ1) is 18.6. The van der Waals surface area contributed by atoms with Crippen LogP contribution in [0.2, 0.25) is 0 Å². The van der Waals surface area contributed by atoms with Crippen LogP contribution >= 0.6 is 11.8 Å². The van der Waals surface area contributed by atoms with Crippen LogP contribution in [0, 0.1) is 11.7 Å². The number of rotatable bonds is 6. The second-order valence-electron chi connectivity index (χ2n) is 11.8. The van der Waals surface area contributed by atoms with Crippen LogP contribution in [0.3, 0.4) is 0 Å². The number of benzene rings is 1. The molecule has 1 aromatic carbocycles. The minimum atomic E-state index is -1.25. The van der Waals surface area contributed by atoms with Gasteiger partial charge in [0, 0.05) is 29.9 Å². The van der Waals surface area contributed by atoms with Crippen molar-refractivity contribution in [2.75, 3.05) is 32.7 Å². The highest BCUT2D eigenvalue weighted by atomic mass is 32.2. The zero-order valence-electron chi connectivity index (χ0n) is 24.7. The highest BCUT2D eigenvalue weighted by Crippen LogP contribution is 2.48. The Morgan fingerprint density at radius 3 is 2.35 bits per heavy atom. The van der Waals surface area contributed by atoms with E-state index in [1.807, 2.05) is 6.92 Å². The summed E-state index contributed by atoms with van der Waals surface area (Å²) in [5.74, 6) is 0.132. The first kappa shape index (κ1) is 31.9. The lowest BCUT2D eigenvalue weighted by atomic mass is 9.74. The molecule has 2 heterocycles. The van der Waals surface area contributed by atoms with Gasteiger partial charge >= 0.3 is 12.2 Å². The molecule has 0 bridgehead atoms. The Balaban J connectivity index is 2.18. The fourth-order valence-corrected chi connectivity index (χ4v) is 5.83. The van der Waals surface area contributed by atoms with Crippen molar-refractivity contribution in [2.45, 2.75) is 77.7 Å². The number of amides is 2. The van der Waals surface area contributed by atoms with Crippen molar-refractivity contribution < 1.29 is 37.7 Å². The summed E-state index contributed by atoms with van der Waals surface area (Å²) in [5.41, 5.74) is -2.17. The van der Waals surface area contributed by atoms with Crippen LogP contribution < -0.4 is 0 Å². The fourth-order valence-electron chi connectivity index (χ4n) is 4.56. The number of hydrogen-bond donors (Lipinski definition) is 0.